The maximum atomic E-state index is 6.28. The van der Waals surface area contributed by atoms with Crippen LogP contribution in [0.4, 0.5) is 0 Å². The summed E-state index contributed by atoms with van der Waals surface area (Å²) in [5, 5.41) is 5.00. The largest absolute Gasteiger partial charge is 0.309 e. The molecule has 1 atom stereocenters. The molecule has 0 fully saturated rings. The molecule has 0 radical (unpaired) electrons. The van der Waals surface area contributed by atoms with Crippen molar-refractivity contribution in [2.45, 2.75) is 25.8 Å². The van der Waals surface area contributed by atoms with Crippen molar-refractivity contribution >= 4 is 50.5 Å². The first-order chi connectivity index (χ1) is 9.60. The number of rotatable bonds is 6. The highest BCUT2D eigenvalue weighted by atomic mass is 79.9. The third kappa shape index (κ3) is 4.47. The minimum Gasteiger partial charge on any atom is -0.309 e. The predicted molar refractivity (Wildman–Crippen MR) is 93.2 cm³/mol. The van der Waals surface area contributed by atoms with Crippen LogP contribution >= 0.6 is 50.5 Å². The second-order valence-electron chi connectivity index (χ2n) is 4.59. The molecule has 0 saturated heterocycles. The highest BCUT2D eigenvalue weighted by Gasteiger charge is 2.15. The first-order valence-electron chi connectivity index (χ1n) is 6.52. The summed E-state index contributed by atoms with van der Waals surface area (Å²) < 4.78 is 1.15. The molecule has 1 aromatic heterocycles. The van der Waals surface area contributed by atoms with Gasteiger partial charge in [0.2, 0.25) is 0 Å². The van der Waals surface area contributed by atoms with Gasteiger partial charge in [-0.25, -0.2) is 0 Å². The van der Waals surface area contributed by atoms with Gasteiger partial charge in [0.05, 0.1) is 3.79 Å². The third-order valence-electron chi connectivity index (χ3n) is 3.02. The molecule has 5 heteroatoms. The lowest BCUT2D eigenvalue weighted by Gasteiger charge is -2.18. The van der Waals surface area contributed by atoms with E-state index >= 15 is 0 Å². The molecule has 0 aliphatic carbocycles. The van der Waals surface area contributed by atoms with E-state index in [-0.39, 0.29) is 6.04 Å². The van der Waals surface area contributed by atoms with E-state index < -0.39 is 0 Å². The Morgan fingerprint density at radius 1 is 1.25 bits per heavy atom. The summed E-state index contributed by atoms with van der Waals surface area (Å²) in [7, 11) is 0. The van der Waals surface area contributed by atoms with Gasteiger partial charge in [-0.2, -0.15) is 0 Å². The van der Waals surface area contributed by atoms with Crippen molar-refractivity contribution in [1.82, 2.24) is 5.32 Å². The Bertz CT molecular complexity index is 571. The van der Waals surface area contributed by atoms with Gasteiger partial charge in [-0.05, 0) is 65.1 Å². The Kier molecular flexibility index (Phi) is 6.37. The van der Waals surface area contributed by atoms with Crippen LogP contribution in [0.25, 0.3) is 0 Å². The highest BCUT2D eigenvalue weighted by Crippen LogP contribution is 2.31. The van der Waals surface area contributed by atoms with E-state index in [0.29, 0.717) is 5.02 Å². The summed E-state index contributed by atoms with van der Waals surface area (Å²) >= 11 is 17.5. The molecule has 0 spiro atoms. The van der Waals surface area contributed by atoms with Crippen molar-refractivity contribution in [2.75, 3.05) is 6.54 Å². The van der Waals surface area contributed by atoms with E-state index in [4.69, 9.17) is 23.2 Å². The van der Waals surface area contributed by atoms with Gasteiger partial charge in [-0.1, -0.05) is 36.2 Å². The summed E-state index contributed by atoms with van der Waals surface area (Å²) in [6, 6.07) is 10.2. The fourth-order valence-electron chi connectivity index (χ4n) is 2.01. The normalized spacial score (nSPS) is 12.6. The van der Waals surface area contributed by atoms with Crippen molar-refractivity contribution in [1.29, 1.82) is 0 Å². The number of halogens is 3. The van der Waals surface area contributed by atoms with Gasteiger partial charge >= 0.3 is 0 Å². The minimum atomic E-state index is 0.282. The third-order valence-corrected chi connectivity index (χ3v) is 5.34. The molecular weight excluding hydrogens is 377 g/mol. The highest BCUT2D eigenvalue weighted by molar-refractivity contribution is 9.11. The first-order valence-corrected chi connectivity index (χ1v) is 8.89. The van der Waals surface area contributed by atoms with E-state index in [1.54, 1.807) is 17.4 Å². The molecule has 1 unspecified atom stereocenters. The fourth-order valence-corrected chi connectivity index (χ4v) is 4.00. The smallest absolute Gasteiger partial charge is 0.0701 e. The van der Waals surface area contributed by atoms with Gasteiger partial charge in [0.1, 0.15) is 0 Å². The second kappa shape index (κ2) is 7.81. The molecule has 2 aromatic rings. The van der Waals surface area contributed by atoms with Crippen molar-refractivity contribution in [2.24, 2.45) is 0 Å². The molecule has 0 aliphatic heterocycles. The van der Waals surface area contributed by atoms with Gasteiger partial charge in [0, 0.05) is 21.0 Å². The zero-order valence-corrected chi connectivity index (χ0v) is 15.0. The van der Waals surface area contributed by atoms with Crippen LogP contribution in [0, 0.1) is 0 Å². The lowest BCUT2D eigenvalue weighted by molar-refractivity contribution is 0.536. The molecule has 1 heterocycles. The van der Waals surface area contributed by atoms with Gasteiger partial charge in [-0.15, -0.1) is 11.3 Å². The number of thiophene rings is 1. The Balaban J connectivity index is 2.18. The quantitative estimate of drug-likeness (QED) is 0.625. The van der Waals surface area contributed by atoms with Crippen LogP contribution in [-0.4, -0.2) is 6.54 Å². The van der Waals surface area contributed by atoms with Crippen LogP contribution in [0.15, 0.2) is 34.1 Å². The van der Waals surface area contributed by atoms with Crippen molar-refractivity contribution in [3.63, 3.8) is 0 Å². The van der Waals surface area contributed by atoms with Gasteiger partial charge < -0.3 is 5.32 Å². The Labute approximate surface area is 142 Å². The maximum Gasteiger partial charge on any atom is 0.0701 e. The van der Waals surface area contributed by atoms with Crippen LogP contribution in [0.2, 0.25) is 10.0 Å². The van der Waals surface area contributed by atoms with Gasteiger partial charge in [0.15, 0.2) is 0 Å². The summed E-state index contributed by atoms with van der Waals surface area (Å²) in [6.45, 7) is 3.16. The van der Waals surface area contributed by atoms with Crippen LogP contribution in [0.1, 0.15) is 29.8 Å². The van der Waals surface area contributed by atoms with Gasteiger partial charge in [0.25, 0.3) is 0 Å². The summed E-state index contributed by atoms with van der Waals surface area (Å²) in [5.41, 5.74) is 1.12. The van der Waals surface area contributed by atoms with Crippen LogP contribution in [0.3, 0.4) is 0 Å². The van der Waals surface area contributed by atoms with E-state index in [2.05, 4.69) is 40.3 Å². The molecule has 0 bridgehead atoms. The van der Waals surface area contributed by atoms with Crippen molar-refractivity contribution in [3.8, 4) is 0 Å². The molecular formula is C15H16BrCl2NS. The summed E-state index contributed by atoms with van der Waals surface area (Å²) in [4.78, 5) is 1.32. The average Bonchev–Trinajstić information content (AvgIpc) is 2.83. The van der Waals surface area contributed by atoms with Crippen molar-refractivity contribution in [3.05, 3.63) is 54.6 Å². The Morgan fingerprint density at radius 3 is 2.65 bits per heavy atom. The monoisotopic (exact) mass is 391 g/mol. The van der Waals surface area contributed by atoms with Crippen LogP contribution < -0.4 is 5.32 Å². The lowest BCUT2D eigenvalue weighted by atomic mass is 10.0. The molecule has 108 valence electrons. The Hall–Kier alpha value is -0.0600. The maximum absolute atomic E-state index is 6.28. The lowest BCUT2D eigenvalue weighted by Crippen LogP contribution is -2.23. The standard InChI is InChI=1S/C15H16BrCl2NS/c1-2-7-19-13(14-5-6-15(16)20-14)8-10-3-4-11(17)9-12(10)18/h3-6,9,13,19H,2,7-8H2,1H3. The molecule has 1 aromatic carbocycles. The zero-order valence-electron chi connectivity index (χ0n) is 11.1. The topological polar surface area (TPSA) is 12.0 Å². The fraction of sp³-hybridized carbons (Fsp3) is 0.333. The van der Waals surface area contributed by atoms with Crippen LogP contribution in [0.5, 0.6) is 0 Å². The second-order valence-corrected chi connectivity index (χ2v) is 7.93. The number of hydrogen-bond donors (Lipinski definition) is 1. The van der Waals surface area contributed by atoms with E-state index in [9.17, 15) is 0 Å². The zero-order chi connectivity index (χ0) is 14.5. The van der Waals surface area contributed by atoms with E-state index in [0.717, 1.165) is 33.8 Å². The molecule has 1 nitrogen and oxygen atoms in total. The van der Waals surface area contributed by atoms with Gasteiger partial charge in [-0.3, -0.25) is 0 Å². The SMILES string of the molecule is CCCNC(Cc1ccc(Cl)cc1Cl)c1ccc(Br)s1. The number of hydrogen-bond acceptors (Lipinski definition) is 2. The van der Waals surface area contributed by atoms with Crippen molar-refractivity contribution < 1.29 is 0 Å². The number of nitrogens with one attached hydrogen (secondary N) is 1. The first kappa shape index (κ1) is 16.3. The Morgan fingerprint density at radius 2 is 2.05 bits per heavy atom. The predicted octanol–water partition coefficient (Wildman–Crippen LogP) is 6.10. The number of benzene rings is 1. The molecule has 2 rings (SSSR count). The molecule has 0 amide bonds. The summed E-state index contributed by atoms with van der Waals surface area (Å²) in [5.74, 6) is 0. The molecule has 20 heavy (non-hydrogen) atoms. The molecule has 0 saturated carbocycles. The van der Waals surface area contributed by atoms with Crippen LogP contribution in [-0.2, 0) is 6.42 Å². The average molecular weight is 393 g/mol. The molecule has 1 N–H and O–H groups in total. The minimum absolute atomic E-state index is 0.282. The van der Waals surface area contributed by atoms with E-state index in [1.807, 2.05) is 12.1 Å². The van der Waals surface area contributed by atoms with E-state index in [1.165, 1.54) is 4.88 Å². The molecule has 0 aliphatic rings. The summed E-state index contributed by atoms with van der Waals surface area (Å²) in [6.07, 6.45) is 1.97.